The van der Waals surface area contributed by atoms with Gasteiger partial charge in [0.25, 0.3) is 0 Å². The Balaban J connectivity index is 1.73. The van der Waals surface area contributed by atoms with Crippen LogP contribution in [0.2, 0.25) is 0 Å². The molecule has 2 nitrogen and oxygen atoms in total. The van der Waals surface area contributed by atoms with E-state index in [9.17, 15) is 4.57 Å². The summed E-state index contributed by atoms with van der Waals surface area (Å²) in [5.74, 6) is 0. The van der Waals surface area contributed by atoms with E-state index in [1.807, 2.05) is 116 Å². The van der Waals surface area contributed by atoms with Crippen molar-refractivity contribution in [1.82, 2.24) is 4.98 Å². The molecule has 0 unspecified atom stereocenters. The van der Waals surface area contributed by atoms with Crippen LogP contribution in [0.5, 0.6) is 0 Å². The molecule has 5 rings (SSSR count). The fourth-order valence-corrected chi connectivity index (χ4v) is 6.95. The Morgan fingerprint density at radius 1 is 0.500 bits per heavy atom. The van der Waals surface area contributed by atoms with E-state index < -0.39 is 7.14 Å². The van der Waals surface area contributed by atoms with Gasteiger partial charge in [-0.3, -0.25) is 4.98 Å². The van der Waals surface area contributed by atoms with E-state index in [0.29, 0.717) is 0 Å². The van der Waals surface area contributed by atoms with Gasteiger partial charge in [0.2, 0.25) is 0 Å². The Morgan fingerprint density at radius 2 is 1.00 bits per heavy atom. The van der Waals surface area contributed by atoms with Gasteiger partial charge >= 0.3 is 0 Å². The Hall–Kier alpha value is -3.74. The van der Waals surface area contributed by atoms with Crippen molar-refractivity contribution in [3.63, 3.8) is 0 Å². The van der Waals surface area contributed by atoms with Crippen LogP contribution in [0.3, 0.4) is 0 Å². The summed E-state index contributed by atoms with van der Waals surface area (Å²) < 4.78 is 14.9. The van der Waals surface area contributed by atoms with E-state index >= 15 is 0 Å². The molecule has 0 bridgehead atoms. The van der Waals surface area contributed by atoms with Crippen LogP contribution in [0.25, 0.3) is 22.3 Å². The van der Waals surface area contributed by atoms with Crippen LogP contribution in [0.4, 0.5) is 0 Å². The van der Waals surface area contributed by atoms with Gasteiger partial charge in [0.05, 0.1) is 0 Å². The molecule has 1 heterocycles. The first kappa shape index (κ1) is 20.2. The number of benzene rings is 4. The lowest BCUT2D eigenvalue weighted by Gasteiger charge is -2.23. The largest absolute Gasteiger partial charge is 0.309 e. The van der Waals surface area contributed by atoms with Crippen LogP contribution in [-0.4, -0.2) is 4.98 Å². The van der Waals surface area contributed by atoms with Crippen LogP contribution in [-0.2, 0) is 4.57 Å². The molecule has 1 aromatic heterocycles. The number of aromatic nitrogens is 1. The van der Waals surface area contributed by atoms with Crippen molar-refractivity contribution in [2.75, 3.05) is 0 Å². The van der Waals surface area contributed by atoms with E-state index in [2.05, 4.69) is 23.2 Å². The lowest BCUT2D eigenvalue weighted by Crippen LogP contribution is -2.26. The molecule has 0 saturated carbocycles. The molecular formula is C29H22NOP. The maximum absolute atomic E-state index is 14.9. The van der Waals surface area contributed by atoms with Gasteiger partial charge in [0.1, 0.15) is 0 Å². The number of pyridine rings is 1. The van der Waals surface area contributed by atoms with Crippen molar-refractivity contribution in [2.24, 2.45) is 0 Å². The highest BCUT2D eigenvalue weighted by Crippen LogP contribution is 2.45. The predicted molar refractivity (Wildman–Crippen MR) is 135 cm³/mol. The second-order valence-electron chi connectivity index (χ2n) is 7.63. The monoisotopic (exact) mass is 431 g/mol. The summed E-state index contributed by atoms with van der Waals surface area (Å²) >= 11 is 0. The molecule has 154 valence electrons. The van der Waals surface area contributed by atoms with E-state index in [4.69, 9.17) is 0 Å². The molecule has 32 heavy (non-hydrogen) atoms. The second kappa shape index (κ2) is 8.78. The minimum Gasteiger partial charge on any atom is -0.309 e. The lowest BCUT2D eigenvalue weighted by atomic mass is 10.0. The molecule has 0 aliphatic heterocycles. The number of nitrogens with zero attached hydrogens (tertiary/aromatic N) is 1. The highest BCUT2D eigenvalue weighted by atomic mass is 31.2. The SMILES string of the molecule is O=P(c1ccccc1)(c1ccccc1)c1ccccc1-c1cncc(-c2ccccc2)c1. The third-order valence-corrected chi connectivity index (χ3v) is 8.76. The summed E-state index contributed by atoms with van der Waals surface area (Å²) in [5, 5.41) is 2.47. The highest BCUT2D eigenvalue weighted by Gasteiger charge is 2.32. The number of hydrogen-bond donors (Lipinski definition) is 0. The minimum atomic E-state index is -3.09. The molecular weight excluding hydrogens is 409 g/mol. The molecule has 0 radical (unpaired) electrons. The molecule has 0 amide bonds. The zero-order valence-corrected chi connectivity index (χ0v) is 18.4. The fourth-order valence-electron chi connectivity index (χ4n) is 4.07. The molecule has 0 spiro atoms. The normalized spacial score (nSPS) is 11.2. The zero-order chi connectivity index (χ0) is 21.8. The molecule has 0 aliphatic rings. The second-order valence-corrected chi connectivity index (χ2v) is 10.4. The molecule has 0 fully saturated rings. The van der Waals surface area contributed by atoms with E-state index in [0.717, 1.165) is 38.2 Å². The third-order valence-electron chi connectivity index (χ3n) is 5.64. The molecule has 0 aliphatic carbocycles. The Kier molecular flexibility index (Phi) is 5.54. The van der Waals surface area contributed by atoms with Gasteiger partial charge in [-0.1, -0.05) is 115 Å². The van der Waals surface area contributed by atoms with Crippen molar-refractivity contribution in [3.05, 3.63) is 134 Å². The van der Waals surface area contributed by atoms with Crippen LogP contribution >= 0.6 is 7.14 Å². The summed E-state index contributed by atoms with van der Waals surface area (Å²) in [6, 6.07) is 39.9. The molecule has 0 saturated heterocycles. The first-order valence-corrected chi connectivity index (χ1v) is 12.3. The van der Waals surface area contributed by atoms with Gasteiger partial charge in [-0.2, -0.15) is 0 Å². The van der Waals surface area contributed by atoms with Crippen LogP contribution in [0.15, 0.2) is 134 Å². The topological polar surface area (TPSA) is 30.0 Å². The average Bonchev–Trinajstić information content (AvgIpc) is 2.90. The van der Waals surface area contributed by atoms with E-state index in [-0.39, 0.29) is 0 Å². The Labute approximate surface area is 188 Å². The van der Waals surface area contributed by atoms with Gasteiger partial charge in [0, 0.05) is 39.4 Å². The third kappa shape index (κ3) is 3.70. The molecule has 0 atom stereocenters. The van der Waals surface area contributed by atoms with Crippen LogP contribution < -0.4 is 15.9 Å². The first-order chi connectivity index (χ1) is 15.8. The Bertz CT molecular complexity index is 1340. The first-order valence-electron chi connectivity index (χ1n) is 10.6. The van der Waals surface area contributed by atoms with Crippen LogP contribution in [0.1, 0.15) is 0 Å². The summed E-state index contributed by atoms with van der Waals surface area (Å²) in [5.41, 5.74) is 4.03. The lowest BCUT2D eigenvalue weighted by molar-refractivity contribution is 0.592. The standard InChI is InChI=1S/C29H22NOP/c31-32(26-14-6-2-7-15-26,27-16-8-3-9-17-27)29-19-11-10-18-28(29)25-20-24(21-30-22-25)23-12-4-1-5-13-23/h1-22H. The highest BCUT2D eigenvalue weighted by molar-refractivity contribution is 7.85. The van der Waals surface area contributed by atoms with Crippen LogP contribution in [0, 0.1) is 0 Å². The average molecular weight is 431 g/mol. The maximum atomic E-state index is 14.9. The molecule has 3 heteroatoms. The van der Waals surface area contributed by atoms with E-state index in [1.165, 1.54) is 0 Å². The van der Waals surface area contributed by atoms with Gasteiger partial charge in [-0.15, -0.1) is 0 Å². The van der Waals surface area contributed by atoms with Crippen molar-refractivity contribution in [2.45, 2.75) is 0 Å². The molecule has 5 aromatic rings. The van der Waals surface area contributed by atoms with Crippen molar-refractivity contribution < 1.29 is 4.57 Å². The fraction of sp³-hybridized carbons (Fsp3) is 0. The van der Waals surface area contributed by atoms with Crippen molar-refractivity contribution >= 4 is 23.1 Å². The molecule has 4 aromatic carbocycles. The maximum Gasteiger partial charge on any atom is 0.171 e. The van der Waals surface area contributed by atoms with Crippen molar-refractivity contribution in [3.8, 4) is 22.3 Å². The summed E-state index contributed by atoms with van der Waals surface area (Å²) in [6.07, 6.45) is 3.72. The van der Waals surface area contributed by atoms with Gasteiger partial charge in [0.15, 0.2) is 7.14 Å². The number of rotatable bonds is 5. The molecule has 0 N–H and O–H groups in total. The van der Waals surface area contributed by atoms with E-state index in [1.54, 1.807) is 0 Å². The summed E-state index contributed by atoms with van der Waals surface area (Å²) in [6.45, 7) is 0. The summed E-state index contributed by atoms with van der Waals surface area (Å²) in [7, 11) is -3.09. The van der Waals surface area contributed by atoms with Gasteiger partial charge in [-0.05, 0) is 17.2 Å². The number of hydrogen-bond acceptors (Lipinski definition) is 2. The van der Waals surface area contributed by atoms with Gasteiger partial charge in [-0.25, -0.2) is 0 Å². The quantitative estimate of drug-likeness (QED) is 0.317. The predicted octanol–water partition coefficient (Wildman–Crippen LogP) is 6.06. The minimum absolute atomic E-state index is 0.824. The zero-order valence-electron chi connectivity index (χ0n) is 17.5. The smallest absolute Gasteiger partial charge is 0.171 e. The summed E-state index contributed by atoms with van der Waals surface area (Å²) in [4.78, 5) is 4.52. The Morgan fingerprint density at radius 3 is 1.62 bits per heavy atom. The van der Waals surface area contributed by atoms with Gasteiger partial charge < -0.3 is 4.57 Å². The van der Waals surface area contributed by atoms with Crippen molar-refractivity contribution in [1.29, 1.82) is 0 Å².